The van der Waals surface area contributed by atoms with Crippen molar-refractivity contribution in [2.45, 2.75) is 45.2 Å². The molecule has 0 unspecified atom stereocenters. The molecule has 0 spiro atoms. The summed E-state index contributed by atoms with van der Waals surface area (Å²) in [6, 6.07) is 13.9. The van der Waals surface area contributed by atoms with Crippen LogP contribution in [-0.4, -0.2) is 37.1 Å². The number of nitrogens with one attached hydrogen (secondary N) is 1. The van der Waals surface area contributed by atoms with Gasteiger partial charge in [0.15, 0.2) is 0 Å². The van der Waals surface area contributed by atoms with Gasteiger partial charge in [-0.05, 0) is 38.3 Å². The van der Waals surface area contributed by atoms with E-state index in [2.05, 4.69) is 5.32 Å². The average Bonchev–Trinajstić information content (AvgIpc) is 2.64. The lowest BCUT2D eigenvalue weighted by Crippen LogP contribution is -2.55. The highest BCUT2D eigenvalue weighted by Gasteiger charge is 2.34. The predicted molar refractivity (Wildman–Crippen MR) is 117 cm³/mol. The number of nitro groups is 1. The van der Waals surface area contributed by atoms with E-state index >= 15 is 0 Å². The largest absolute Gasteiger partial charge is 0.349 e. The van der Waals surface area contributed by atoms with Crippen LogP contribution in [-0.2, 0) is 21.2 Å². The molecule has 1 N–H and O–H groups in total. The first-order valence-electron chi connectivity index (χ1n) is 9.54. The summed E-state index contributed by atoms with van der Waals surface area (Å²) in [5.74, 6) is -0.463. The molecule has 0 radical (unpaired) electrons. The van der Waals surface area contributed by atoms with Crippen molar-refractivity contribution in [1.29, 1.82) is 0 Å². The molecule has 2 rings (SSSR count). The van der Waals surface area contributed by atoms with Gasteiger partial charge in [-0.3, -0.25) is 19.2 Å². The van der Waals surface area contributed by atoms with Crippen molar-refractivity contribution in [2.75, 3.05) is 10.6 Å². The SMILES string of the molecule is CC[C@H](C(=O)NC(C)(C)Cc1ccccc1)N(c1cccc([N+](=O)[O-])c1)S(C)(=O)=O. The van der Waals surface area contributed by atoms with Gasteiger partial charge in [-0.1, -0.05) is 43.3 Å². The lowest BCUT2D eigenvalue weighted by Gasteiger charge is -2.34. The molecule has 30 heavy (non-hydrogen) atoms. The van der Waals surface area contributed by atoms with Gasteiger partial charge < -0.3 is 5.32 Å². The second kappa shape index (κ2) is 9.25. The Morgan fingerprint density at radius 3 is 2.33 bits per heavy atom. The number of amides is 1. The third-order valence-electron chi connectivity index (χ3n) is 4.58. The molecule has 1 atom stereocenters. The van der Waals surface area contributed by atoms with Crippen LogP contribution in [0, 0.1) is 10.1 Å². The third-order valence-corrected chi connectivity index (χ3v) is 5.76. The molecule has 0 aliphatic rings. The predicted octanol–water partition coefficient (Wildman–Crippen LogP) is 3.28. The highest BCUT2D eigenvalue weighted by atomic mass is 32.2. The lowest BCUT2D eigenvalue weighted by atomic mass is 9.94. The number of hydrogen-bond donors (Lipinski definition) is 1. The minimum absolute atomic E-state index is 0.0783. The van der Waals surface area contributed by atoms with Gasteiger partial charge in [-0.25, -0.2) is 8.42 Å². The fourth-order valence-corrected chi connectivity index (χ4v) is 4.57. The van der Waals surface area contributed by atoms with Crippen molar-refractivity contribution >= 4 is 27.3 Å². The van der Waals surface area contributed by atoms with Crippen LogP contribution in [0.5, 0.6) is 0 Å². The van der Waals surface area contributed by atoms with Gasteiger partial charge >= 0.3 is 0 Å². The summed E-state index contributed by atoms with van der Waals surface area (Å²) in [6.45, 7) is 5.43. The van der Waals surface area contributed by atoms with Gasteiger partial charge in [0.05, 0.1) is 16.9 Å². The number of nitro benzene ring substituents is 1. The Morgan fingerprint density at radius 1 is 1.17 bits per heavy atom. The number of anilines is 1. The van der Waals surface area contributed by atoms with E-state index < -0.39 is 32.4 Å². The van der Waals surface area contributed by atoms with Gasteiger partial charge in [-0.2, -0.15) is 0 Å². The molecule has 2 aromatic rings. The Hall–Kier alpha value is -2.94. The molecular weight excluding hydrogens is 406 g/mol. The molecule has 162 valence electrons. The fraction of sp³-hybridized carbons (Fsp3) is 0.381. The van der Waals surface area contributed by atoms with Gasteiger partial charge in [0.25, 0.3) is 5.69 Å². The van der Waals surface area contributed by atoms with Gasteiger partial charge in [0.2, 0.25) is 15.9 Å². The van der Waals surface area contributed by atoms with Crippen molar-refractivity contribution in [1.82, 2.24) is 5.32 Å². The molecule has 2 aromatic carbocycles. The monoisotopic (exact) mass is 433 g/mol. The van der Waals surface area contributed by atoms with Crippen LogP contribution in [0.2, 0.25) is 0 Å². The quantitative estimate of drug-likeness (QED) is 0.482. The Labute approximate surface area is 177 Å². The summed E-state index contributed by atoms with van der Waals surface area (Å²) in [4.78, 5) is 23.6. The Kier molecular flexibility index (Phi) is 7.20. The topological polar surface area (TPSA) is 110 Å². The Morgan fingerprint density at radius 2 is 1.80 bits per heavy atom. The molecule has 0 bridgehead atoms. The number of benzene rings is 2. The van der Waals surface area contributed by atoms with Crippen molar-refractivity contribution in [3.8, 4) is 0 Å². The first kappa shape index (κ1) is 23.3. The second-order valence-electron chi connectivity index (χ2n) is 7.80. The van der Waals surface area contributed by atoms with E-state index in [-0.39, 0.29) is 17.8 Å². The minimum atomic E-state index is -3.88. The summed E-state index contributed by atoms with van der Waals surface area (Å²) < 4.78 is 26.1. The maximum absolute atomic E-state index is 13.1. The second-order valence-corrected chi connectivity index (χ2v) is 9.65. The number of sulfonamides is 1. The van der Waals surface area contributed by atoms with E-state index in [0.29, 0.717) is 6.42 Å². The molecule has 0 aromatic heterocycles. The van der Waals surface area contributed by atoms with E-state index in [1.165, 1.54) is 18.2 Å². The van der Waals surface area contributed by atoms with Crippen LogP contribution in [0.1, 0.15) is 32.8 Å². The number of nitrogens with zero attached hydrogens (tertiary/aromatic N) is 2. The van der Waals surface area contributed by atoms with Crippen LogP contribution in [0.15, 0.2) is 54.6 Å². The van der Waals surface area contributed by atoms with Crippen molar-refractivity contribution in [2.24, 2.45) is 0 Å². The van der Waals surface area contributed by atoms with Gasteiger partial charge in [-0.15, -0.1) is 0 Å². The van der Waals surface area contributed by atoms with E-state index in [9.17, 15) is 23.3 Å². The van der Waals surface area contributed by atoms with Gasteiger partial charge in [0, 0.05) is 17.7 Å². The zero-order chi connectivity index (χ0) is 22.5. The normalized spacial score (nSPS) is 12.8. The molecule has 1 amide bonds. The summed E-state index contributed by atoms with van der Waals surface area (Å²) in [5.41, 5.74) is 0.238. The number of carbonyl (C=O) groups is 1. The molecular formula is C21H27N3O5S. The summed E-state index contributed by atoms with van der Waals surface area (Å²) in [6.07, 6.45) is 1.74. The zero-order valence-corrected chi connectivity index (χ0v) is 18.3. The van der Waals surface area contributed by atoms with Crippen molar-refractivity contribution in [3.05, 3.63) is 70.3 Å². The maximum atomic E-state index is 13.1. The zero-order valence-electron chi connectivity index (χ0n) is 17.5. The maximum Gasteiger partial charge on any atom is 0.271 e. The number of hydrogen-bond acceptors (Lipinski definition) is 5. The standard InChI is InChI=1S/C21H27N3O5S/c1-5-19(20(25)22-21(2,3)15-16-10-7-6-8-11-16)23(30(4,28)29)17-12-9-13-18(14-17)24(26)27/h6-14,19H,5,15H2,1-4H3,(H,22,25)/t19-/m1/s1. The van der Waals surface area contributed by atoms with E-state index in [0.717, 1.165) is 22.2 Å². The molecule has 0 aliphatic heterocycles. The van der Waals surface area contributed by atoms with E-state index in [1.807, 2.05) is 44.2 Å². The van der Waals surface area contributed by atoms with Crippen LogP contribution >= 0.6 is 0 Å². The fourth-order valence-electron chi connectivity index (χ4n) is 3.37. The van der Waals surface area contributed by atoms with Gasteiger partial charge in [0.1, 0.15) is 6.04 Å². The lowest BCUT2D eigenvalue weighted by molar-refractivity contribution is -0.384. The Balaban J connectivity index is 2.34. The third kappa shape index (κ3) is 6.03. The van der Waals surface area contributed by atoms with Crippen molar-refractivity contribution < 1.29 is 18.1 Å². The molecule has 9 heteroatoms. The minimum Gasteiger partial charge on any atom is -0.349 e. The highest BCUT2D eigenvalue weighted by molar-refractivity contribution is 7.92. The number of carbonyl (C=O) groups excluding carboxylic acids is 1. The molecule has 8 nitrogen and oxygen atoms in total. The molecule has 0 saturated carbocycles. The Bertz CT molecular complexity index is 1010. The number of non-ortho nitro benzene ring substituents is 1. The van der Waals surface area contributed by atoms with Crippen LogP contribution < -0.4 is 9.62 Å². The summed E-state index contributed by atoms with van der Waals surface area (Å²) in [7, 11) is -3.88. The molecule has 0 saturated heterocycles. The van der Waals surface area contributed by atoms with Crippen LogP contribution in [0.25, 0.3) is 0 Å². The van der Waals surface area contributed by atoms with Crippen LogP contribution in [0.3, 0.4) is 0 Å². The summed E-state index contributed by atoms with van der Waals surface area (Å²) in [5, 5.41) is 14.1. The van der Waals surface area contributed by atoms with E-state index in [4.69, 9.17) is 0 Å². The average molecular weight is 434 g/mol. The molecule has 0 fully saturated rings. The first-order valence-corrected chi connectivity index (χ1v) is 11.4. The highest BCUT2D eigenvalue weighted by Crippen LogP contribution is 2.27. The van der Waals surface area contributed by atoms with Crippen LogP contribution in [0.4, 0.5) is 11.4 Å². The van der Waals surface area contributed by atoms with Crippen molar-refractivity contribution in [3.63, 3.8) is 0 Å². The first-order chi connectivity index (χ1) is 13.9. The smallest absolute Gasteiger partial charge is 0.271 e. The number of rotatable bonds is 9. The summed E-state index contributed by atoms with van der Waals surface area (Å²) >= 11 is 0. The molecule has 0 aliphatic carbocycles. The molecule has 0 heterocycles. The van der Waals surface area contributed by atoms with E-state index in [1.54, 1.807) is 6.92 Å².